The third kappa shape index (κ3) is 3.51. The smallest absolute Gasteiger partial charge is 0.263 e. The second-order valence-electron chi connectivity index (χ2n) is 6.13. The summed E-state index contributed by atoms with van der Waals surface area (Å²) in [5.74, 6) is -0.0692. The summed E-state index contributed by atoms with van der Waals surface area (Å²) in [6, 6.07) is 38.1. The molecule has 1 amide bonds. The molecule has 0 unspecified atom stereocenters. The van der Waals surface area contributed by atoms with E-state index >= 15 is 0 Å². The van der Waals surface area contributed by atoms with Gasteiger partial charge in [-0.1, -0.05) is 78.9 Å². The van der Waals surface area contributed by atoms with Crippen molar-refractivity contribution < 1.29 is 4.79 Å². The van der Waals surface area contributed by atoms with Gasteiger partial charge in [0.15, 0.2) is 0 Å². The molecule has 2 nitrogen and oxygen atoms in total. The standard InChI is InChI=1S/C25H18NO/c27-25(24-19-11-10-18-23(24)20-12-4-1-5-13-20)26(21-14-6-2-7-15-21)22-16-8-3-9-17-22/h1-12,14-19H. The number of nitrogens with zero attached hydrogens (tertiary/aromatic N) is 1. The highest BCUT2D eigenvalue weighted by Gasteiger charge is 2.22. The number of hydrogen-bond acceptors (Lipinski definition) is 1. The van der Waals surface area contributed by atoms with E-state index in [4.69, 9.17) is 0 Å². The van der Waals surface area contributed by atoms with Crippen molar-refractivity contribution in [1.29, 1.82) is 0 Å². The van der Waals surface area contributed by atoms with E-state index in [1.165, 1.54) is 0 Å². The lowest BCUT2D eigenvalue weighted by atomic mass is 9.98. The molecule has 0 aliphatic carbocycles. The molecule has 4 rings (SSSR count). The minimum Gasteiger partial charge on any atom is -0.277 e. The quantitative estimate of drug-likeness (QED) is 0.434. The molecule has 129 valence electrons. The molecule has 0 heterocycles. The molecule has 0 spiro atoms. The summed E-state index contributed by atoms with van der Waals surface area (Å²) in [6.45, 7) is 0. The molecule has 2 heteroatoms. The fraction of sp³-hybridized carbons (Fsp3) is 0. The zero-order valence-electron chi connectivity index (χ0n) is 14.7. The second kappa shape index (κ2) is 7.71. The summed E-state index contributed by atoms with van der Waals surface area (Å²) < 4.78 is 0. The van der Waals surface area contributed by atoms with Crippen LogP contribution in [0.2, 0.25) is 0 Å². The number of hydrogen-bond donors (Lipinski definition) is 0. The minimum atomic E-state index is -0.0692. The van der Waals surface area contributed by atoms with Crippen molar-refractivity contribution in [3.05, 3.63) is 121 Å². The number of rotatable bonds is 4. The highest BCUT2D eigenvalue weighted by Crippen LogP contribution is 2.31. The van der Waals surface area contributed by atoms with Crippen LogP contribution in [0.3, 0.4) is 0 Å². The van der Waals surface area contributed by atoms with Crippen molar-refractivity contribution in [3.8, 4) is 11.1 Å². The van der Waals surface area contributed by atoms with Crippen LogP contribution in [-0.2, 0) is 0 Å². The summed E-state index contributed by atoms with van der Waals surface area (Å²) in [5, 5.41) is 0. The molecule has 0 fully saturated rings. The first-order valence-electron chi connectivity index (χ1n) is 8.85. The number of benzene rings is 4. The van der Waals surface area contributed by atoms with E-state index in [2.05, 4.69) is 6.07 Å². The van der Waals surface area contributed by atoms with Crippen molar-refractivity contribution in [1.82, 2.24) is 0 Å². The fourth-order valence-corrected chi connectivity index (χ4v) is 3.12. The van der Waals surface area contributed by atoms with E-state index in [1.54, 1.807) is 4.90 Å². The Morgan fingerprint density at radius 3 is 1.78 bits per heavy atom. The van der Waals surface area contributed by atoms with Gasteiger partial charge >= 0.3 is 0 Å². The number of anilines is 2. The van der Waals surface area contributed by atoms with Gasteiger partial charge in [-0.05, 0) is 47.5 Å². The third-order valence-electron chi connectivity index (χ3n) is 4.39. The van der Waals surface area contributed by atoms with Gasteiger partial charge in [-0.15, -0.1) is 0 Å². The average Bonchev–Trinajstić information content (AvgIpc) is 2.76. The molecule has 1 radical (unpaired) electrons. The molecule has 4 aromatic carbocycles. The van der Waals surface area contributed by atoms with Crippen LogP contribution in [0.1, 0.15) is 10.4 Å². The molecule has 0 aromatic heterocycles. The summed E-state index contributed by atoms with van der Waals surface area (Å²) in [6.07, 6.45) is 0. The Labute approximate surface area is 159 Å². The Kier molecular flexibility index (Phi) is 4.80. The molecule has 0 atom stereocenters. The SMILES string of the molecule is O=C(c1ccccc1-c1[c]cccc1)N(c1ccccc1)c1ccccc1. The van der Waals surface area contributed by atoms with Gasteiger partial charge in [0.2, 0.25) is 0 Å². The molecule has 0 aliphatic rings. The zero-order chi connectivity index (χ0) is 18.5. The van der Waals surface area contributed by atoms with Gasteiger partial charge in [-0.25, -0.2) is 0 Å². The first kappa shape index (κ1) is 16.8. The van der Waals surface area contributed by atoms with Crippen LogP contribution >= 0.6 is 0 Å². The van der Waals surface area contributed by atoms with E-state index in [0.717, 1.165) is 22.5 Å². The average molecular weight is 348 g/mol. The Hall–Kier alpha value is -3.65. The Balaban J connectivity index is 1.85. The van der Waals surface area contributed by atoms with E-state index in [1.807, 2.05) is 109 Å². The first-order valence-corrected chi connectivity index (χ1v) is 8.85. The minimum absolute atomic E-state index is 0.0692. The van der Waals surface area contributed by atoms with Gasteiger partial charge in [0.25, 0.3) is 5.91 Å². The molecule has 0 saturated heterocycles. The van der Waals surface area contributed by atoms with Crippen molar-refractivity contribution in [3.63, 3.8) is 0 Å². The molecular weight excluding hydrogens is 330 g/mol. The topological polar surface area (TPSA) is 20.3 Å². The van der Waals surface area contributed by atoms with Crippen LogP contribution in [-0.4, -0.2) is 5.91 Å². The van der Waals surface area contributed by atoms with Crippen molar-refractivity contribution in [2.75, 3.05) is 4.90 Å². The van der Waals surface area contributed by atoms with Crippen molar-refractivity contribution in [2.24, 2.45) is 0 Å². The van der Waals surface area contributed by atoms with Gasteiger partial charge in [0, 0.05) is 16.9 Å². The maximum atomic E-state index is 13.7. The van der Waals surface area contributed by atoms with Gasteiger partial charge in [0.05, 0.1) is 0 Å². The summed E-state index contributed by atoms with van der Waals surface area (Å²) >= 11 is 0. The molecule has 0 bridgehead atoms. The largest absolute Gasteiger partial charge is 0.277 e. The summed E-state index contributed by atoms with van der Waals surface area (Å²) in [5.41, 5.74) is 4.09. The van der Waals surface area contributed by atoms with E-state index in [-0.39, 0.29) is 5.91 Å². The molecular formula is C25H18NO. The Morgan fingerprint density at radius 2 is 1.19 bits per heavy atom. The first-order chi connectivity index (χ1) is 13.3. The lowest BCUT2D eigenvalue weighted by Crippen LogP contribution is -2.26. The zero-order valence-corrected chi connectivity index (χ0v) is 14.7. The highest BCUT2D eigenvalue weighted by molar-refractivity contribution is 6.14. The number of para-hydroxylation sites is 2. The number of amides is 1. The van der Waals surface area contributed by atoms with Gasteiger partial charge in [-0.3, -0.25) is 9.69 Å². The van der Waals surface area contributed by atoms with E-state index < -0.39 is 0 Å². The van der Waals surface area contributed by atoms with Crippen molar-refractivity contribution >= 4 is 17.3 Å². The Bertz CT molecular complexity index is 988. The molecule has 27 heavy (non-hydrogen) atoms. The van der Waals surface area contributed by atoms with E-state index in [0.29, 0.717) is 5.56 Å². The third-order valence-corrected chi connectivity index (χ3v) is 4.39. The summed E-state index contributed by atoms with van der Waals surface area (Å²) in [4.78, 5) is 15.4. The summed E-state index contributed by atoms with van der Waals surface area (Å²) in [7, 11) is 0. The van der Waals surface area contributed by atoms with Crippen LogP contribution < -0.4 is 4.90 Å². The van der Waals surface area contributed by atoms with Crippen LogP contribution in [0.5, 0.6) is 0 Å². The molecule has 0 aliphatic heterocycles. The lowest BCUT2D eigenvalue weighted by Gasteiger charge is -2.24. The maximum absolute atomic E-state index is 13.7. The lowest BCUT2D eigenvalue weighted by molar-refractivity contribution is 0.1000. The van der Waals surface area contributed by atoms with Gasteiger partial charge in [0.1, 0.15) is 0 Å². The second-order valence-corrected chi connectivity index (χ2v) is 6.13. The van der Waals surface area contributed by atoms with Crippen LogP contribution in [0.4, 0.5) is 11.4 Å². The van der Waals surface area contributed by atoms with Crippen LogP contribution in [0, 0.1) is 6.07 Å². The normalized spacial score (nSPS) is 10.4. The van der Waals surface area contributed by atoms with Gasteiger partial charge in [-0.2, -0.15) is 0 Å². The fourth-order valence-electron chi connectivity index (χ4n) is 3.12. The number of carbonyl (C=O) groups is 1. The highest BCUT2D eigenvalue weighted by atomic mass is 16.2. The maximum Gasteiger partial charge on any atom is 0.263 e. The predicted octanol–water partition coefficient (Wildman–Crippen LogP) is 6.13. The number of carbonyl (C=O) groups excluding carboxylic acids is 1. The predicted molar refractivity (Wildman–Crippen MR) is 110 cm³/mol. The van der Waals surface area contributed by atoms with Crippen LogP contribution in [0.25, 0.3) is 11.1 Å². The van der Waals surface area contributed by atoms with Gasteiger partial charge < -0.3 is 0 Å². The molecule has 4 aromatic rings. The van der Waals surface area contributed by atoms with E-state index in [9.17, 15) is 4.79 Å². The van der Waals surface area contributed by atoms with Crippen molar-refractivity contribution in [2.45, 2.75) is 0 Å². The molecule has 0 saturated carbocycles. The van der Waals surface area contributed by atoms with Crippen LogP contribution in [0.15, 0.2) is 109 Å². The molecule has 0 N–H and O–H groups in total. The Morgan fingerprint density at radius 1 is 0.630 bits per heavy atom. The monoisotopic (exact) mass is 348 g/mol.